The van der Waals surface area contributed by atoms with Crippen molar-refractivity contribution in [1.82, 2.24) is 0 Å². The van der Waals surface area contributed by atoms with Crippen LogP contribution in [0.4, 0.5) is 0 Å². The number of aromatic hydroxyl groups is 1. The highest BCUT2D eigenvalue weighted by Crippen LogP contribution is 2.48. The molecule has 0 fully saturated rings. The minimum Gasteiger partial charge on any atom is -0.507 e. The van der Waals surface area contributed by atoms with E-state index in [0.717, 1.165) is 27.3 Å². The smallest absolute Gasteiger partial charge is 0.147 e. The van der Waals surface area contributed by atoms with Crippen molar-refractivity contribution in [3.63, 3.8) is 0 Å². The fraction of sp³-hybridized carbons (Fsp3) is 0.143. The summed E-state index contributed by atoms with van der Waals surface area (Å²) in [5.74, 6) is 0.243. The molecule has 0 unspecified atom stereocenters. The molecule has 0 aliphatic heterocycles. The summed E-state index contributed by atoms with van der Waals surface area (Å²) >= 11 is 0. The van der Waals surface area contributed by atoms with Gasteiger partial charge in [-0.15, -0.1) is 0 Å². The van der Waals surface area contributed by atoms with Gasteiger partial charge in [-0.3, -0.25) is 0 Å². The van der Waals surface area contributed by atoms with Gasteiger partial charge in [-0.2, -0.15) is 0 Å². The van der Waals surface area contributed by atoms with Crippen LogP contribution in [0, 0.1) is 13.8 Å². The number of rotatable bonds is 4. The number of phenolic OH excluding ortho intramolecular Hbond substituents is 1. The van der Waals surface area contributed by atoms with E-state index in [1.807, 2.05) is 86.6 Å². The lowest BCUT2D eigenvalue weighted by Gasteiger charge is -2.21. The number of hydrogen-bond acceptors (Lipinski definition) is 2. The largest absolute Gasteiger partial charge is 0.507 e. The van der Waals surface area contributed by atoms with E-state index in [-0.39, 0.29) is 5.75 Å². The summed E-state index contributed by atoms with van der Waals surface area (Å²) in [7, 11) is -2.87. The lowest BCUT2D eigenvalue weighted by atomic mass is 10.1. The van der Waals surface area contributed by atoms with Crippen molar-refractivity contribution in [2.45, 2.75) is 20.0 Å². The third-order valence-corrected chi connectivity index (χ3v) is 7.31. The Kier molecular flexibility index (Phi) is 4.59. The first-order chi connectivity index (χ1) is 11.5. The Morgan fingerprint density at radius 3 is 1.83 bits per heavy atom. The van der Waals surface area contributed by atoms with Crippen LogP contribution in [-0.2, 0) is 10.7 Å². The molecule has 122 valence electrons. The Bertz CT molecular complexity index is 843. The lowest BCUT2D eigenvalue weighted by molar-refractivity contribution is 0.465. The Hall–Kier alpha value is -2.31. The van der Waals surface area contributed by atoms with Gasteiger partial charge >= 0.3 is 0 Å². The molecule has 0 radical (unpaired) electrons. The zero-order valence-corrected chi connectivity index (χ0v) is 14.8. The molecular formula is C21H21O2P. The van der Waals surface area contributed by atoms with Crippen LogP contribution in [0.1, 0.15) is 16.7 Å². The quantitative estimate of drug-likeness (QED) is 0.711. The van der Waals surface area contributed by atoms with Gasteiger partial charge in [0.1, 0.15) is 12.9 Å². The standard InChI is InChI=1S/C21H21O2P/c1-16-13-17(2)21(22)18(14-16)15-24(23,19-9-5-3-6-10-19)20-11-7-4-8-12-20/h3-14,22H,15H2,1-2H3. The summed E-state index contributed by atoms with van der Waals surface area (Å²) in [6.45, 7) is 3.87. The Morgan fingerprint density at radius 2 is 1.33 bits per heavy atom. The third kappa shape index (κ3) is 3.16. The van der Waals surface area contributed by atoms with Crippen LogP contribution < -0.4 is 10.6 Å². The minimum absolute atomic E-state index is 0.243. The fourth-order valence-electron chi connectivity index (χ4n) is 3.08. The van der Waals surface area contributed by atoms with Gasteiger partial charge in [0, 0.05) is 22.3 Å². The van der Waals surface area contributed by atoms with Crippen molar-refractivity contribution in [3.8, 4) is 5.75 Å². The van der Waals surface area contributed by atoms with Crippen LogP contribution in [-0.4, -0.2) is 5.11 Å². The summed E-state index contributed by atoms with van der Waals surface area (Å²) in [6.07, 6.45) is 0.315. The first-order valence-corrected chi connectivity index (χ1v) is 9.89. The average Bonchev–Trinajstić information content (AvgIpc) is 2.60. The van der Waals surface area contributed by atoms with Gasteiger partial charge in [0.05, 0.1) is 0 Å². The summed E-state index contributed by atoms with van der Waals surface area (Å²) in [6, 6.07) is 23.0. The number of aryl methyl sites for hydroxylation is 2. The van der Waals surface area contributed by atoms with Crippen molar-refractivity contribution >= 4 is 17.8 Å². The van der Waals surface area contributed by atoms with Gasteiger partial charge < -0.3 is 9.67 Å². The molecule has 0 bridgehead atoms. The summed E-state index contributed by atoms with van der Waals surface area (Å²) in [5.41, 5.74) is 2.62. The molecule has 2 nitrogen and oxygen atoms in total. The van der Waals surface area contributed by atoms with Gasteiger partial charge in [-0.05, 0) is 19.4 Å². The average molecular weight is 336 g/mol. The Labute approximate surface area is 143 Å². The molecule has 3 aromatic rings. The molecule has 24 heavy (non-hydrogen) atoms. The highest BCUT2D eigenvalue weighted by molar-refractivity contribution is 7.78. The van der Waals surface area contributed by atoms with Crippen LogP contribution in [0.5, 0.6) is 5.75 Å². The molecule has 0 heterocycles. The second-order valence-electron chi connectivity index (χ2n) is 6.16. The van der Waals surface area contributed by atoms with Crippen LogP contribution in [0.3, 0.4) is 0 Å². The van der Waals surface area contributed by atoms with E-state index in [2.05, 4.69) is 0 Å². The summed E-state index contributed by atoms with van der Waals surface area (Å²) < 4.78 is 14.0. The highest BCUT2D eigenvalue weighted by Gasteiger charge is 2.28. The van der Waals surface area contributed by atoms with Crippen LogP contribution >= 0.6 is 7.14 Å². The van der Waals surface area contributed by atoms with Crippen LogP contribution in [0.2, 0.25) is 0 Å². The molecule has 3 aromatic carbocycles. The maximum Gasteiger partial charge on any atom is 0.147 e. The number of benzene rings is 3. The molecule has 3 heteroatoms. The maximum absolute atomic E-state index is 14.0. The van der Waals surface area contributed by atoms with Gasteiger partial charge in [0.2, 0.25) is 0 Å². The first-order valence-electron chi connectivity index (χ1n) is 8.00. The topological polar surface area (TPSA) is 37.3 Å². The predicted octanol–water partition coefficient (Wildman–Crippen LogP) is 4.52. The van der Waals surface area contributed by atoms with E-state index in [4.69, 9.17) is 0 Å². The summed E-state index contributed by atoms with van der Waals surface area (Å²) in [5, 5.41) is 12.1. The van der Waals surface area contributed by atoms with Gasteiger partial charge in [-0.1, -0.05) is 78.4 Å². The molecule has 0 spiro atoms. The van der Waals surface area contributed by atoms with E-state index in [1.165, 1.54) is 0 Å². The molecule has 0 atom stereocenters. The second kappa shape index (κ2) is 6.67. The van der Waals surface area contributed by atoms with Gasteiger partial charge in [0.25, 0.3) is 0 Å². The molecule has 0 amide bonds. The molecule has 0 aromatic heterocycles. The van der Waals surface area contributed by atoms with Crippen molar-refractivity contribution in [2.75, 3.05) is 0 Å². The van der Waals surface area contributed by atoms with Gasteiger partial charge in [-0.25, -0.2) is 0 Å². The number of hydrogen-bond donors (Lipinski definition) is 1. The Balaban J connectivity index is 2.16. The molecule has 1 N–H and O–H groups in total. The normalized spacial score (nSPS) is 11.4. The monoisotopic (exact) mass is 336 g/mol. The van der Waals surface area contributed by atoms with E-state index >= 15 is 0 Å². The minimum atomic E-state index is -2.87. The molecular weight excluding hydrogens is 315 g/mol. The molecule has 0 aliphatic rings. The SMILES string of the molecule is Cc1cc(C)c(O)c(CP(=O)(c2ccccc2)c2ccccc2)c1. The van der Waals surface area contributed by atoms with Crippen molar-refractivity contribution < 1.29 is 9.67 Å². The van der Waals surface area contributed by atoms with Crippen molar-refractivity contribution in [1.29, 1.82) is 0 Å². The molecule has 3 rings (SSSR count). The van der Waals surface area contributed by atoms with Crippen molar-refractivity contribution in [2.24, 2.45) is 0 Å². The highest BCUT2D eigenvalue weighted by atomic mass is 31.2. The number of phenols is 1. The van der Waals surface area contributed by atoms with Crippen LogP contribution in [0.25, 0.3) is 0 Å². The lowest BCUT2D eigenvalue weighted by Crippen LogP contribution is -2.17. The zero-order chi connectivity index (χ0) is 17.2. The van der Waals surface area contributed by atoms with E-state index < -0.39 is 7.14 Å². The second-order valence-corrected chi connectivity index (χ2v) is 8.99. The van der Waals surface area contributed by atoms with E-state index in [9.17, 15) is 9.67 Å². The molecule has 0 saturated heterocycles. The maximum atomic E-state index is 14.0. The third-order valence-electron chi connectivity index (χ3n) is 4.26. The van der Waals surface area contributed by atoms with E-state index in [1.54, 1.807) is 0 Å². The first kappa shape index (κ1) is 16.5. The van der Waals surface area contributed by atoms with E-state index in [0.29, 0.717) is 6.16 Å². The predicted molar refractivity (Wildman–Crippen MR) is 101 cm³/mol. The molecule has 0 aliphatic carbocycles. The summed E-state index contributed by atoms with van der Waals surface area (Å²) in [4.78, 5) is 0. The van der Waals surface area contributed by atoms with Gasteiger partial charge in [0.15, 0.2) is 0 Å². The fourth-order valence-corrected chi connectivity index (χ4v) is 5.77. The Morgan fingerprint density at radius 1 is 0.833 bits per heavy atom. The van der Waals surface area contributed by atoms with Crippen LogP contribution in [0.15, 0.2) is 72.8 Å². The molecule has 0 saturated carbocycles. The van der Waals surface area contributed by atoms with Crippen molar-refractivity contribution in [3.05, 3.63) is 89.5 Å². The zero-order valence-electron chi connectivity index (χ0n) is 13.9.